The van der Waals surface area contributed by atoms with Gasteiger partial charge in [0.1, 0.15) is 0 Å². The maximum atomic E-state index is 5.08. The average Bonchev–Trinajstić information content (AvgIpc) is 2.67. The first-order chi connectivity index (χ1) is 6.79. The molecule has 76 valence electrons. The molecule has 2 rings (SSSR count). The molecule has 1 aliphatic rings. The van der Waals surface area contributed by atoms with Gasteiger partial charge in [0.05, 0.1) is 0 Å². The Labute approximate surface area is 83.6 Å². The van der Waals surface area contributed by atoms with Gasteiger partial charge in [-0.3, -0.25) is 0 Å². The molecule has 0 spiro atoms. The van der Waals surface area contributed by atoms with E-state index in [-0.39, 0.29) is 0 Å². The van der Waals surface area contributed by atoms with E-state index >= 15 is 0 Å². The molecule has 0 aliphatic carbocycles. The highest BCUT2D eigenvalue weighted by atomic mass is 16.5. The Morgan fingerprint density at radius 1 is 1.57 bits per heavy atom. The highest BCUT2D eigenvalue weighted by Gasteiger charge is 2.14. The Hall–Kier alpha value is -1.16. The van der Waals surface area contributed by atoms with Crippen molar-refractivity contribution in [2.45, 2.75) is 19.8 Å². The van der Waals surface area contributed by atoms with Gasteiger partial charge in [-0.1, -0.05) is 18.2 Å². The maximum absolute atomic E-state index is 5.08. The Morgan fingerprint density at radius 3 is 3.00 bits per heavy atom. The Bertz CT molecular complexity index is 343. The van der Waals surface area contributed by atoms with E-state index in [2.05, 4.69) is 28.2 Å². The van der Waals surface area contributed by atoms with Crippen LogP contribution >= 0.6 is 0 Å². The van der Waals surface area contributed by atoms with Crippen LogP contribution in [0.5, 0.6) is 0 Å². The van der Waals surface area contributed by atoms with E-state index in [1.807, 2.05) is 6.92 Å². The van der Waals surface area contributed by atoms with Gasteiger partial charge in [-0.25, -0.2) is 0 Å². The lowest BCUT2D eigenvalue weighted by molar-refractivity contribution is 0.365. The number of aromatic nitrogens is 2. The molecule has 1 aliphatic heterocycles. The van der Waals surface area contributed by atoms with E-state index in [0.717, 1.165) is 37.6 Å². The molecule has 0 saturated heterocycles. The minimum atomic E-state index is 0.722. The molecule has 0 saturated carbocycles. The van der Waals surface area contributed by atoms with Crippen LogP contribution in [-0.2, 0) is 6.42 Å². The summed E-state index contributed by atoms with van der Waals surface area (Å²) in [6, 6.07) is 0. The van der Waals surface area contributed by atoms with Crippen molar-refractivity contribution in [3.05, 3.63) is 17.8 Å². The SMILES string of the molecule is CCc1nc(C2=CCN(C)CC2)no1. The second-order valence-corrected chi connectivity index (χ2v) is 3.61. The molecule has 0 radical (unpaired) electrons. The molecule has 2 heterocycles. The molecule has 0 atom stereocenters. The fourth-order valence-corrected chi connectivity index (χ4v) is 1.50. The van der Waals surface area contributed by atoms with Gasteiger partial charge in [0.15, 0.2) is 5.82 Å². The molecule has 4 nitrogen and oxygen atoms in total. The van der Waals surface area contributed by atoms with Crippen LogP contribution in [0.4, 0.5) is 0 Å². The van der Waals surface area contributed by atoms with Crippen LogP contribution in [0.15, 0.2) is 10.6 Å². The second-order valence-electron chi connectivity index (χ2n) is 3.61. The summed E-state index contributed by atoms with van der Waals surface area (Å²) in [4.78, 5) is 6.58. The van der Waals surface area contributed by atoms with Crippen molar-refractivity contribution in [1.29, 1.82) is 0 Å². The van der Waals surface area contributed by atoms with Gasteiger partial charge in [0.25, 0.3) is 0 Å². The quantitative estimate of drug-likeness (QED) is 0.711. The van der Waals surface area contributed by atoms with Crippen molar-refractivity contribution in [1.82, 2.24) is 15.0 Å². The molecule has 0 N–H and O–H groups in total. The predicted octanol–water partition coefficient (Wildman–Crippen LogP) is 1.35. The van der Waals surface area contributed by atoms with Crippen molar-refractivity contribution in [3.63, 3.8) is 0 Å². The number of hydrogen-bond donors (Lipinski definition) is 0. The number of aryl methyl sites for hydroxylation is 1. The molecule has 0 unspecified atom stereocenters. The molecule has 0 aromatic carbocycles. The largest absolute Gasteiger partial charge is 0.339 e. The first kappa shape index (κ1) is 9.40. The number of hydrogen-bond acceptors (Lipinski definition) is 4. The smallest absolute Gasteiger partial charge is 0.226 e. The minimum absolute atomic E-state index is 0.722. The van der Waals surface area contributed by atoms with Gasteiger partial charge in [0, 0.05) is 19.5 Å². The molecule has 0 fully saturated rings. The van der Waals surface area contributed by atoms with Crippen molar-refractivity contribution in [2.24, 2.45) is 0 Å². The summed E-state index contributed by atoms with van der Waals surface area (Å²) < 4.78 is 5.08. The molecule has 4 heteroatoms. The molecule has 0 bridgehead atoms. The third-order valence-corrected chi connectivity index (χ3v) is 2.47. The zero-order valence-electron chi connectivity index (χ0n) is 8.66. The summed E-state index contributed by atoms with van der Waals surface area (Å²) in [7, 11) is 2.11. The standard InChI is InChI=1S/C10H15N3O/c1-3-9-11-10(12-14-9)8-4-6-13(2)7-5-8/h4H,3,5-7H2,1-2H3. The van der Waals surface area contributed by atoms with Crippen molar-refractivity contribution in [2.75, 3.05) is 20.1 Å². The monoisotopic (exact) mass is 193 g/mol. The van der Waals surface area contributed by atoms with E-state index in [1.54, 1.807) is 0 Å². The molecule has 0 amide bonds. The maximum Gasteiger partial charge on any atom is 0.226 e. The van der Waals surface area contributed by atoms with Gasteiger partial charge in [-0.2, -0.15) is 4.98 Å². The summed E-state index contributed by atoms with van der Waals surface area (Å²) in [6.07, 6.45) is 3.99. The lowest BCUT2D eigenvalue weighted by Gasteiger charge is -2.19. The Balaban J connectivity index is 2.15. The zero-order valence-corrected chi connectivity index (χ0v) is 8.66. The van der Waals surface area contributed by atoms with E-state index < -0.39 is 0 Å². The number of rotatable bonds is 2. The van der Waals surface area contributed by atoms with Crippen LogP contribution in [0.25, 0.3) is 5.57 Å². The minimum Gasteiger partial charge on any atom is -0.339 e. The highest BCUT2D eigenvalue weighted by Crippen LogP contribution is 2.18. The van der Waals surface area contributed by atoms with Gasteiger partial charge in [-0.05, 0) is 19.0 Å². The fourth-order valence-electron chi connectivity index (χ4n) is 1.50. The Kier molecular flexibility index (Phi) is 2.63. The second kappa shape index (κ2) is 3.92. The van der Waals surface area contributed by atoms with E-state index in [1.165, 1.54) is 5.57 Å². The molecule has 14 heavy (non-hydrogen) atoms. The molecular formula is C10H15N3O. The predicted molar refractivity (Wildman–Crippen MR) is 53.8 cm³/mol. The summed E-state index contributed by atoms with van der Waals surface area (Å²) in [5, 5.41) is 3.96. The van der Waals surface area contributed by atoms with Crippen molar-refractivity contribution in [3.8, 4) is 0 Å². The summed E-state index contributed by atoms with van der Waals surface area (Å²) in [5.74, 6) is 1.50. The third-order valence-electron chi connectivity index (χ3n) is 2.47. The van der Waals surface area contributed by atoms with Gasteiger partial charge in [0.2, 0.25) is 5.89 Å². The molecular weight excluding hydrogens is 178 g/mol. The zero-order chi connectivity index (χ0) is 9.97. The number of nitrogens with zero attached hydrogens (tertiary/aromatic N) is 3. The van der Waals surface area contributed by atoms with Gasteiger partial charge < -0.3 is 9.42 Å². The van der Waals surface area contributed by atoms with Gasteiger partial charge in [-0.15, -0.1) is 0 Å². The third kappa shape index (κ3) is 1.85. The first-order valence-corrected chi connectivity index (χ1v) is 5.00. The van der Waals surface area contributed by atoms with Crippen LogP contribution in [-0.4, -0.2) is 35.2 Å². The molecule has 1 aromatic rings. The number of likely N-dealkylation sites (N-methyl/N-ethyl adjacent to an activating group) is 1. The Morgan fingerprint density at radius 2 is 2.43 bits per heavy atom. The lowest BCUT2D eigenvalue weighted by Crippen LogP contribution is -2.23. The summed E-state index contributed by atoms with van der Waals surface area (Å²) in [6.45, 7) is 4.06. The van der Waals surface area contributed by atoms with Crippen LogP contribution in [0.3, 0.4) is 0 Å². The highest BCUT2D eigenvalue weighted by molar-refractivity contribution is 5.60. The van der Waals surface area contributed by atoms with E-state index in [0.29, 0.717) is 0 Å². The van der Waals surface area contributed by atoms with E-state index in [4.69, 9.17) is 4.52 Å². The average molecular weight is 193 g/mol. The van der Waals surface area contributed by atoms with Crippen LogP contribution in [0.1, 0.15) is 25.1 Å². The van der Waals surface area contributed by atoms with Crippen molar-refractivity contribution >= 4 is 5.57 Å². The van der Waals surface area contributed by atoms with Crippen molar-refractivity contribution < 1.29 is 4.52 Å². The normalized spacial score (nSPS) is 18.3. The fraction of sp³-hybridized carbons (Fsp3) is 0.600. The lowest BCUT2D eigenvalue weighted by atomic mass is 10.1. The summed E-state index contributed by atoms with van der Waals surface area (Å²) >= 11 is 0. The topological polar surface area (TPSA) is 42.2 Å². The summed E-state index contributed by atoms with van der Waals surface area (Å²) in [5.41, 5.74) is 1.21. The van der Waals surface area contributed by atoms with Crippen LogP contribution in [0, 0.1) is 0 Å². The van der Waals surface area contributed by atoms with Crippen LogP contribution in [0.2, 0.25) is 0 Å². The van der Waals surface area contributed by atoms with Crippen LogP contribution < -0.4 is 0 Å². The van der Waals surface area contributed by atoms with Gasteiger partial charge >= 0.3 is 0 Å². The first-order valence-electron chi connectivity index (χ1n) is 5.00. The van der Waals surface area contributed by atoms with E-state index in [9.17, 15) is 0 Å². The molecule has 1 aromatic heterocycles.